The first-order valence-electron chi connectivity index (χ1n) is 4.26. The van der Waals surface area contributed by atoms with Gasteiger partial charge in [0.25, 0.3) is 0 Å². The summed E-state index contributed by atoms with van der Waals surface area (Å²) in [5, 5.41) is 0. The molecule has 1 aromatic rings. The molecule has 1 rings (SSSR count). The fraction of sp³-hybridized carbons (Fsp3) is 0.300. The van der Waals surface area contributed by atoms with Gasteiger partial charge in [0.2, 0.25) is 0 Å². The Labute approximate surface area is 108 Å². The van der Waals surface area contributed by atoms with Gasteiger partial charge >= 0.3 is 5.97 Å². The number of hydrogen-bond donors (Lipinski definition) is 1. The van der Waals surface area contributed by atoms with E-state index in [9.17, 15) is 9.18 Å². The third-order valence-corrected chi connectivity index (χ3v) is 2.50. The highest BCUT2D eigenvalue weighted by Crippen LogP contribution is 2.24. The molecule has 0 amide bonds. The van der Waals surface area contributed by atoms with Crippen molar-refractivity contribution in [3.05, 3.63) is 33.5 Å². The number of carbonyl (C=O) groups is 1. The Morgan fingerprint density at radius 2 is 2.12 bits per heavy atom. The molecule has 0 aromatic heterocycles. The van der Waals surface area contributed by atoms with Gasteiger partial charge < -0.3 is 10.5 Å². The molecule has 0 fully saturated rings. The van der Waals surface area contributed by atoms with E-state index in [2.05, 4.69) is 20.7 Å². The lowest BCUT2D eigenvalue weighted by atomic mass is 10.0. The second-order valence-electron chi connectivity index (χ2n) is 3.13. The molecule has 0 aliphatic rings. The van der Waals surface area contributed by atoms with Gasteiger partial charge in [0.1, 0.15) is 11.9 Å². The van der Waals surface area contributed by atoms with Crippen LogP contribution >= 0.6 is 28.3 Å². The molecule has 0 heterocycles. The number of methoxy groups -OCH3 is 1. The normalized spacial score (nSPS) is 11.6. The van der Waals surface area contributed by atoms with E-state index in [4.69, 9.17) is 5.73 Å². The number of carbonyl (C=O) groups excluding carboxylic acids is 1. The van der Waals surface area contributed by atoms with Crippen LogP contribution in [0.4, 0.5) is 4.39 Å². The van der Waals surface area contributed by atoms with Crippen LogP contribution in [0.25, 0.3) is 0 Å². The Bertz CT molecular complexity index is 401. The van der Waals surface area contributed by atoms with Crippen LogP contribution in [0.1, 0.15) is 17.2 Å². The number of rotatable bonds is 2. The lowest BCUT2D eigenvalue weighted by Crippen LogP contribution is -2.24. The van der Waals surface area contributed by atoms with Gasteiger partial charge in [-0.1, -0.05) is 15.9 Å². The number of benzene rings is 1. The molecule has 3 nitrogen and oxygen atoms in total. The molecule has 0 aliphatic heterocycles. The summed E-state index contributed by atoms with van der Waals surface area (Å²) in [6.07, 6.45) is 0. The standard InChI is InChI=1S/C10H11BrFNO2.ClH/c1-5-3-6(11)4-7(8(5)12)9(13)10(14)15-2;/h3-4,9H,13H2,1-2H3;1H/t9-;/m0./s1. The zero-order valence-electron chi connectivity index (χ0n) is 8.79. The van der Waals surface area contributed by atoms with E-state index >= 15 is 0 Å². The zero-order valence-corrected chi connectivity index (χ0v) is 11.2. The molecule has 90 valence electrons. The summed E-state index contributed by atoms with van der Waals surface area (Å²) < 4.78 is 18.8. The molecule has 0 radical (unpaired) electrons. The van der Waals surface area contributed by atoms with Crippen molar-refractivity contribution >= 4 is 34.3 Å². The molecular formula is C10H12BrClFNO2. The van der Waals surface area contributed by atoms with E-state index in [1.165, 1.54) is 13.2 Å². The van der Waals surface area contributed by atoms with Gasteiger partial charge in [-0.05, 0) is 24.6 Å². The lowest BCUT2D eigenvalue weighted by molar-refractivity contribution is -0.142. The number of nitrogens with two attached hydrogens (primary N) is 1. The maximum absolute atomic E-state index is 13.6. The van der Waals surface area contributed by atoms with Gasteiger partial charge in [-0.2, -0.15) is 0 Å². The highest BCUT2D eigenvalue weighted by molar-refractivity contribution is 9.10. The third kappa shape index (κ3) is 3.17. The predicted molar refractivity (Wildman–Crippen MR) is 65.0 cm³/mol. The summed E-state index contributed by atoms with van der Waals surface area (Å²) in [4.78, 5) is 11.2. The van der Waals surface area contributed by atoms with Crippen molar-refractivity contribution in [1.82, 2.24) is 0 Å². The van der Waals surface area contributed by atoms with Crippen molar-refractivity contribution in [1.29, 1.82) is 0 Å². The highest BCUT2D eigenvalue weighted by Gasteiger charge is 2.21. The maximum atomic E-state index is 13.6. The monoisotopic (exact) mass is 311 g/mol. The van der Waals surface area contributed by atoms with Crippen molar-refractivity contribution in [2.24, 2.45) is 5.73 Å². The molecular weight excluding hydrogens is 300 g/mol. The SMILES string of the molecule is COC(=O)[C@@H](N)c1cc(Br)cc(C)c1F.Cl. The van der Waals surface area contributed by atoms with Crippen molar-refractivity contribution in [3.8, 4) is 0 Å². The number of ether oxygens (including phenoxy) is 1. The van der Waals surface area contributed by atoms with Gasteiger partial charge in [0, 0.05) is 10.0 Å². The Kier molecular flexibility index (Phi) is 5.92. The number of esters is 1. The number of aryl methyl sites for hydroxylation is 1. The van der Waals surface area contributed by atoms with E-state index < -0.39 is 17.8 Å². The predicted octanol–water partition coefficient (Wildman–Crippen LogP) is 2.49. The number of halogens is 3. The average Bonchev–Trinajstić information content (AvgIpc) is 2.21. The summed E-state index contributed by atoms with van der Waals surface area (Å²) in [7, 11) is 1.21. The smallest absolute Gasteiger partial charge is 0.327 e. The van der Waals surface area contributed by atoms with Crippen LogP contribution in [0.2, 0.25) is 0 Å². The van der Waals surface area contributed by atoms with E-state index in [-0.39, 0.29) is 18.0 Å². The highest BCUT2D eigenvalue weighted by atomic mass is 79.9. The van der Waals surface area contributed by atoms with Crippen LogP contribution in [-0.4, -0.2) is 13.1 Å². The van der Waals surface area contributed by atoms with Crippen LogP contribution < -0.4 is 5.73 Å². The second kappa shape index (κ2) is 6.18. The van der Waals surface area contributed by atoms with E-state index in [0.29, 0.717) is 10.0 Å². The minimum absolute atomic E-state index is 0. The largest absolute Gasteiger partial charge is 0.468 e. The number of hydrogen-bond acceptors (Lipinski definition) is 3. The average molecular weight is 313 g/mol. The van der Waals surface area contributed by atoms with Crippen LogP contribution in [0.5, 0.6) is 0 Å². The second-order valence-corrected chi connectivity index (χ2v) is 4.04. The molecule has 1 aromatic carbocycles. The van der Waals surface area contributed by atoms with Gasteiger partial charge in [-0.3, -0.25) is 4.79 Å². The first kappa shape index (κ1) is 15.3. The lowest BCUT2D eigenvalue weighted by Gasteiger charge is -2.12. The van der Waals surface area contributed by atoms with Gasteiger partial charge in [0.15, 0.2) is 0 Å². The quantitative estimate of drug-likeness (QED) is 0.854. The summed E-state index contributed by atoms with van der Waals surface area (Å²) in [6, 6.07) is 2.00. The molecule has 0 saturated heterocycles. The van der Waals surface area contributed by atoms with E-state index in [1.807, 2.05) is 0 Å². The summed E-state index contributed by atoms with van der Waals surface area (Å²) in [6.45, 7) is 1.60. The van der Waals surface area contributed by atoms with Crippen LogP contribution in [0, 0.1) is 12.7 Å². The summed E-state index contributed by atoms with van der Waals surface area (Å²) >= 11 is 3.21. The summed E-state index contributed by atoms with van der Waals surface area (Å²) in [5.74, 6) is -1.14. The Hall–Kier alpha value is -0.650. The fourth-order valence-electron chi connectivity index (χ4n) is 1.23. The molecule has 0 bridgehead atoms. The van der Waals surface area contributed by atoms with Gasteiger partial charge in [-0.25, -0.2) is 4.39 Å². The van der Waals surface area contributed by atoms with E-state index in [0.717, 1.165) is 0 Å². The Balaban J connectivity index is 0.00000225. The first-order valence-corrected chi connectivity index (χ1v) is 5.05. The van der Waals surface area contributed by atoms with E-state index in [1.54, 1.807) is 13.0 Å². The van der Waals surface area contributed by atoms with Crippen molar-refractivity contribution in [2.75, 3.05) is 7.11 Å². The summed E-state index contributed by atoms with van der Waals surface area (Å²) in [5.41, 5.74) is 6.11. The Morgan fingerprint density at radius 3 is 2.62 bits per heavy atom. The first-order chi connectivity index (χ1) is 6.97. The molecule has 2 N–H and O–H groups in total. The van der Waals surface area contributed by atoms with Crippen molar-refractivity contribution in [2.45, 2.75) is 13.0 Å². The molecule has 6 heteroatoms. The molecule has 1 atom stereocenters. The molecule has 0 aliphatic carbocycles. The van der Waals surface area contributed by atoms with Crippen LogP contribution in [-0.2, 0) is 9.53 Å². The van der Waals surface area contributed by atoms with Crippen LogP contribution in [0.15, 0.2) is 16.6 Å². The molecule has 0 spiro atoms. The van der Waals surface area contributed by atoms with Crippen molar-refractivity contribution in [3.63, 3.8) is 0 Å². The maximum Gasteiger partial charge on any atom is 0.327 e. The fourth-order valence-corrected chi connectivity index (χ4v) is 1.82. The Morgan fingerprint density at radius 1 is 1.56 bits per heavy atom. The van der Waals surface area contributed by atoms with Crippen LogP contribution in [0.3, 0.4) is 0 Å². The topological polar surface area (TPSA) is 52.3 Å². The zero-order chi connectivity index (χ0) is 11.6. The molecule has 16 heavy (non-hydrogen) atoms. The van der Waals surface area contributed by atoms with Gasteiger partial charge in [-0.15, -0.1) is 12.4 Å². The van der Waals surface area contributed by atoms with Crippen molar-refractivity contribution < 1.29 is 13.9 Å². The molecule has 0 saturated carbocycles. The minimum atomic E-state index is -1.09. The van der Waals surface area contributed by atoms with Gasteiger partial charge in [0.05, 0.1) is 7.11 Å². The minimum Gasteiger partial charge on any atom is -0.468 e. The third-order valence-electron chi connectivity index (χ3n) is 2.04. The molecule has 0 unspecified atom stereocenters.